The first kappa shape index (κ1) is 37.4. The van der Waals surface area contributed by atoms with Gasteiger partial charge in [0.25, 0.3) is 0 Å². The second-order valence-corrected chi connectivity index (χ2v) is 54.6. The third-order valence-corrected chi connectivity index (χ3v) is 53.3. The Labute approximate surface area is 381 Å². The van der Waals surface area contributed by atoms with Gasteiger partial charge in [0.15, 0.2) is 0 Å². The Hall–Kier alpha value is 12.4. The maximum atomic E-state index is 2.73. The van der Waals surface area contributed by atoms with Crippen LogP contribution in [0.5, 0.6) is 0 Å². The zero-order valence-corrected chi connectivity index (χ0v) is 47.2. The van der Waals surface area contributed by atoms with Gasteiger partial charge in [0.1, 0.15) is 6.01 Å². The Bertz CT molecular complexity index is 478. The van der Waals surface area contributed by atoms with Crippen molar-refractivity contribution >= 4 is 384 Å². The molecule has 0 nitrogen and oxygen atoms in total. The number of halogens is 17. The van der Waals surface area contributed by atoms with E-state index in [9.17, 15) is 0 Å². The van der Waals surface area contributed by atoms with E-state index in [1.165, 1.54) is 0 Å². The quantitative estimate of drug-likeness (QED) is 0.176. The van der Waals surface area contributed by atoms with Gasteiger partial charge in [-0.25, -0.2) is 0 Å². The van der Waals surface area contributed by atoms with E-state index in [4.69, 9.17) is 0 Å². The average molecular weight is 2250 g/mol. The molecule has 0 aromatic carbocycles. The molecule has 0 aliphatic carbocycles. The molecule has 0 bridgehead atoms. The van der Waals surface area contributed by atoms with Gasteiger partial charge in [-0.05, 0) is 0 Å². The molecule has 0 radical (unpaired) electrons. The van der Waals surface area contributed by atoms with Crippen LogP contribution in [0, 0.1) is 0 Å². The minimum Gasteiger partial charge on any atom is -0.0770 e. The van der Waals surface area contributed by atoms with Crippen molar-refractivity contribution < 1.29 is 0 Å². The highest BCUT2D eigenvalue weighted by atomic mass is 127. The molecule has 0 aliphatic heterocycles. The van der Waals surface area contributed by atoms with Crippen molar-refractivity contribution in [2.24, 2.45) is 0 Å². The van der Waals surface area contributed by atoms with Gasteiger partial charge in [0.05, 0.1) is 3.92 Å². The summed E-state index contributed by atoms with van der Waals surface area (Å²) in [6.07, 6.45) is 0. The summed E-state index contributed by atoms with van der Waals surface area (Å²) in [5.41, 5.74) is 0. The highest BCUT2D eigenvalue weighted by Crippen LogP contribution is 2.77. The van der Waals surface area contributed by atoms with Crippen LogP contribution < -0.4 is 0 Å². The van der Waals surface area contributed by atoms with Crippen molar-refractivity contribution in [3.05, 3.63) is 0 Å². The van der Waals surface area contributed by atoms with Crippen LogP contribution in [0.3, 0.4) is 0 Å². The predicted octanol–water partition coefficient (Wildman–Crippen LogP) is 13.5. The molecule has 0 saturated carbocycles. The van der Waals surface area contributed by atoms with Crippen LogP contribution >= 0.6 is 384 Å². The van der Waals surface area contributed by atoms with Crippen molar-refractivity contribution in [3.8, 4) is 0 Å². The second kappa shape index (κ2) is 13.9. The van der Waals surface area contributed by atoms with Crippen LogP contribution in [0.15, 0.2) is 0 Å². The summed E-state index contributed by atoms with van der Waals surface area (Å²) in [5, 5.41) is 0. The van der Waals surface area contributed by atoms with Crippen LogP contribution in [0.25, 0.3) is 0 Å². The molecule has 0 aromatic heterocycles. The molecule has 0 N–H and O–H groups in total. The van der Waals surface area contributed by atoms with Crippen LogP contribution in [0.4, 0.5) is 0 Å². The van der Waals surface area contributed by atoms with Gasteiger partial charge >= 0.3 is 0 Å². The van der Waals surface area contributed by atoms with Gasteiger partial charge in [0.2, 0.25) is 0 Å². The Morgan fingerprint density at radius 2 is 0.680 bits per heavy atom. The van der Waals surface area contributed by atoms with Crippen molar-refractivity contribution in [3.63, 3.8) is 0 Å². The van der Waals surface area contributed by atoms with Gasteiger partial charge in [-0.3, -0.25) is 0 Å². The maximum absolute atomic E-state index is 2.73. The zero-order valence-electron chi connectivity index (χ0n) is 10.5. The van der Waals surface area contributed by atoms with E-state index >= 15 is 0 Å². The molecule has 0 heterocycles. The van der Waals surface area contributed by atoms with Gasteiger partial charge < -0.3 is 0 Å². The lowest BCUT2D eigenvalue weighted by Gasteiger charge is -2.56. The van der Waals surface area contributed by atoms with E-state index in [-0.39, 0.29) is 6.01 Å². The van der Waals surface area contributed by atoms with E-state index in [0.29, 0.717) is 3.92 Å². The zero-order chi connectivity index (χ0) is 21.1. The molecule has 0 spiro atoms. The molecule has 0 amide bonds. The first-order valence-electron chi connectivity index (χ1n) is 5.07. The second-order valence-electron chi connectivity index (χ2n) is 4.32. The minimum absolute atomic E-state index is 0.00608. The van der Waals surface area contributed by atoms with Crippen LogP contribution in [-0.2, 0) is 0 Å². The first-order chi connectivity index (χ1) is 10.4. The molecule has 0 rings (SSSR count). The molecule has 0 aliphatic rings. The van der Waals surface area contributed by atoms with E-state index in [1.54, 1.807) is 0 Å². The normalized spacial score (nSPS) is 17.6. The highest BCUT2D eigenvalue weighted by molar-refractivity contribution is 14.3. The lowest BCUT2D eigenvalue weighted by molar-refractivity contribution is 0.705. The SMILES string of the molecule is IC(C(I)(I)I)C(I)(I)C(I)(I)C(I)(I)C(I)(I)C(I)(I)C(I)(I)I. The lowest BCUT2D eigenvalue weighted by atomic mass is 10.1. The molecule has 152 valence electrons. The third-order valence-electron chi connectivity index (χ3n) is 2.56. The molecule has 25 heavy (non-hydrogen) atoms. The molecule has 0 saturated heterocycles. The van der Waals surface area contributed by atoms with Crippen molar-refractivity contribution in [1.29, 1.82) is 0 Å². The average Bonchev–Trinajstić information content (AvgIpc) is 2.34. The fourth-order valence-electron chi connectivity index (χ4n) is 1.15. The number of rotatable bonds is 7. The van der Waals surface area contributed by atoms with E-state index in [0.717, 1.165) is 0 Å². The summed E-state index contributed by atoms with van der Waals surface area (Å²) in [5.74, 6) is 0. The number of alkyl halides is 17. The van der Waals surface area contributed by atoms with Crippen LogP contribution in [-0.4, -0.2) is 9.94 Å². The van der Waals surface area contributed by atoms with Crippen LogP contribution in [0.1, 0.15) is 0 Å². The monoisotopic (exact) mass is 2250 g/mol. The number of hydrogen-bond acceptors (Lipinski definition) is 0. The Kier molecular flexibility index (Phi) is 20.7. The Morgan fingerprint density at radius 1 is 0.400 bits per heavy atom. The highest BCUT2D eigenvalue weighted by Gasteiger charge is 2.73. The van der Waals surface area contributed by atoms with Crippen LogP contribution in [0.2, 0.25) is 0 Å². The fraction of sp³-hybridized carbons (Fsp3) is 1.00. The van der Waals surface area contributed by atoms with E-state index < -0.39 is 0 Å². The van der Waals surface area contributed by atoms with E-state index in [2.05, 4.69) is 384 Å². The molecular weight excluding hydrogens is 2250 g/mol. The third kappa shape index (κ3) is 8.95. The lowest BCUT2D eigenvalue weighted by Crippen LogP contribution is -2.65. The van der Waals surface area contributed by atoms with Crippen molar-refractivity contribution in [1.82, 2.24) is 0 Å². The maximum Gasteiger partial charge on any atom is 0.149 e. The van der Waals surface area contributed by atoms with E-state index in [1.807, 2.05) is 0 Å². The summed E-state index contributed by atoms with van der Waals surface area (Å²) in [4.78, 5) is 0. The Morgan fingerprint density at radius 3 is 0.920 bits per heavy atom. The molecule has 1 atom stereocenters. The topological polar surface area (TPSA) is 0 Å². The largest absolute Gasteiger partial charge is 0.149 e. The fourth-order valence-corrected chi connectivity index (χ4v) is 25.5. The smallest absolute Gasteiger partial charge is 0.0770 e. The summed E-state index contributed by atoms with van der Waals surface area (Å²) in [6.45, 7) is 0. The van der Waals surface area contributed by atoms with Crippen molar-refractivity contribution in [2.45, 2.75) is 9.94 Å². The van der Waals surface area contributed by atoms with Gasteiger partial charge in [-0.1, -0.05) is 384 Å². The standard InChI is InChI=1S/C8HI17/c9-1(3(12,13)14)2(10,11)4(15,16)5(17,18)6(19,20)7(21,22)8(23,24)25/h1H. The first-order valence-corrected chi connectivity index (χ1v) is 23.6. The Balaban J connectivity index is 6.40. The minimum atomic E-state index is -0.00608. The van der Waals surface area contributed by atoms with Gasteiger partial charge in [0, 0.05) is 0 Å². The van der Waals surface area contributed by atoms with Crippen molar-refractivity contribution in [2.75, 3.05) is 0 Å². The molecule has 1 unspecified atom stereocenters. The number of hydrogen-bond donors (Lipinski definition) is 0. The van der Waals surface area contributed by atoms with Gasteiger partial charge in [-0.15, -0.1) is 0 Å². The predicted molar refractivity (Wildman–Crippen MR) is 261 cm³/mol. The summed E-state index contributed by atoms with van der Waals surface area (Å²) < 4.78 is 0.857. The molecule has 0 fully saturated rings. The molecule has 17 heteroatoms. The summed E-state index contributed by atoms with van der Waals surface area (Å²) in [7, 11) is 0. The summed E-state index contributed by atoms with van der Waals surface area (Å²) in [6, 6.07) is 0. The molecular formula is C8HI17. The summed E-state index contributed by atoms with van der Waals surface area (Å²) >= 11 is 45.3. The van der Waals surface area contributed by atoms with Gasteiger partial charge in [-0.2, -0.15) is 0 Å². The molecule has 0 aromatic rings.